The van der Waals surface area contributed by atoms with Gasteiger partial charge >= 0.3 is 5.69 Å². The van der Waals surface area contributed by atoms with Crippen molar-refractivity contribution in [2.75, 3.05) is 7.11 Å². The van der Waals surface area contributed by atoms with Gasteiger partial charge in [0.05, 0.1) is 7.11 Å². The molecule has 0 aliphatic carbocycles. The van der Waals surface area contributed by atoms with Gasteiger partial charge in [-0.15, -0.1) is 0 Å². The summed E-state index contributed by atoms with van der Waals surface area (Å²) in [6.45, 7) is 1.93. The molecule has 0 fully saturated rings. The Hall–Kier alpha value is -4.27. The molecule has 0 aliphatic heterocycles. The van der Waals surface area contributed by atoms with Gasteiger partial charge in [-0.3, -0.25) is 18.7 Å². The summed E-state index contributed by atoms with van der Waals surface area (Å²) in [4.78, 5) is 47.3. The Morgan fingerprint density at radius 3 is 2.42 bits per heavy atom. The fourth-order valence-electron chi connectivity index (χ4n) is 3.49. The molecular formula is C24H23N5O4. The first-order valence-corrected chi connectivity index (χ1v) is 10.5. The fraction of sp³-hybridized carbons (Fsp3) is 0.208. The smallest absolute Gasteiger partial charge is 0.333 e. The zero-order chi connectivity index (χ0) is 23.4. The minimum absolute atomic E-state index is 0.180. The molecule has 4 rings (SSSR count). The van der Waals surface area contributed by atoms with Gasteiger partial charge in [-0.05, 0) is 24.6 Å². The molecule has 1 amide bonds. The number of carbonyl (C=O) groups is 1. The molecule has 0 saturated carbocycles. The number of fused-ring (bicyclic) bond motifs is 1. The van der Waals surface area contributed by atoms with Crippen LogP contribution in [0.15, 0.2) is 70.4 Å². The molecule has 0 bridgehead atoms. The molecule has 0 spiro atoms. The van der Waals surface area contributed by atoms with Crippen LogP contribution >= 0.6 is 0 Å². The molecule has 33 heavy (non-hydrogen) atoms. The highest BCUT2D eigenvalue weighted by Crippen LogP contribution is 2.16. The predicted molar refractivity (Wildman–Crippen MR) is 124 cm³/mol. The number of hydrogen-bond acceptors (Lipinski definition) is 6. The number of nitrogens with one attached hydrogen (secondary N) is 1. The third kappa shape index (κ3) is 4.52. The van der Waals surface area contributed by atoms with Crippen LogP contribution in [0.3, 0.4) is 0 Å². The molecule has 2 aromatic heterocycles. The van der Waals surface area contributed by atoms with E-state index >= 15 is 0 Å². The number of aromatic nitrogens is 4. The highest BCUT2D eigenvalue weighted by molar-refractivity contribution is 5.78. The molecule has 4 aromatic rings. The van der Waals surface area contributed by atoms with Crippen molar-refractivity contribution in [3.8, 4) is 17.1 Å². The standard InChI is InChI=1S/C24H23N5O4/c1-3-28-22-19(14-26-21(27-22)17-7-5-4-6-8-17)23(31)29(24(28)32)15-20(30)25-13-16-9-11-18(33-2)12-10-16/h4-12,14H,3,13,15H2,1-2H3,(H,25,30). The Morgan fingerprint density at radius 2 is 1.76 bits per heavy atom. The van der Waals surface area contributed by atoms with Gasteiger partial charge in [-0.1, -0.05) is 42.5 Å². The van der Waals surface area contributed by atoms with Crippen LogP contribution < -0.4 is 21.3 Å². The molecule has 0 saturated heterocycles. The van der Waals surface area contributed by atoms with Crippen LogP contribution in [0.5, 0.6) is 5.75 Å². The summed E-state index contributed by atoms with van der Waals surface area (Å²) >= 11 is 0. The minimum atomic E-state index is -0.598. The summed E-state index contributed by atoms with van der Waals surface area (Å²) in [5.74, 6) is 0.679. The zero-order valence-electron chi connectivity index (χ0n) is 18.3. The molecule has 0 atom stereocenters. The monoisotopic (exact) mass is 445 g/mol. The van der Waals surface area contributed by atoms with Gasteiger partial charge in [0.15, 0.2) is 11.5 Å². The van der Waals surface area contributed by atoms with Crippen LogP contribution in [-0.2, 0) is 24.4 Å². The Balaban J connectivity index is 1.63. The molecule has 1 N–H and O–H groups in total. The summed E-state index contributed by atoms with van der Waals surface area (Å²) in [5.41, 5.74) is 0.696. The summed E-state index contributed by atoms with van der Waals surface area (Å²) in [6.07, 6.45) is 1.41. The van der Waals surface area contributed by atoms with Crippen molar-refractivity contribution < 1.29 is 9.53 Å². The van der Waals surface area contributed by atoms with E-state index < -0.39 is 23.7 Å². The van der Waals surface area contributed by atoms with Crippen LogP contribution in [0.4, 0.5) is 0 Å². The van der Waals surface area contributed by atoms with E-state index in [1.807, 2.05) is 42.5 Å². The molecule has 2 aromatic carbocycles. The van der Waals surface area contributed by atoms with Crippen molar-refractivity contribution in [1.29, 1.82) is 0 Å². The second-order valence-corrected chi connectivity index (χ2v) is 7.34. The summed E-state index contributed by atoms with van der Waals surface area (Å²) < 4.78 is 7.41. The largest absolute Gasteiger partial charge is 0.497 e. The number of rotatable bonds is 7. The molecule has 9 nitrogen and oxygen atoms in total. The molecule has 9 heteroatoms. The van der Waals surface area contributed by atoms with Crippen molar-refractivity contribution in [3.05, 3.63) is 87.2 Å². The molecule has 0 unspecified atom stereocenters. The lowest BCUT2D eigenvalue weighted by atomic mass is 10.2. The summed E-state index contributed by atoms with van der Waals surface area (Å²) in [6, 6.07) is 16.5. The molecule has 2 heterocycles. The highest BCUT2D eigenvalue weighted by Gasteiger charge is 2.17. The number of nitrogens with zero attached hydrogens (tertiary/aromatic N) is 4. The fourth-order valence-corrected chi connectivity index (χ4v) is 3.49. The van der Waals surface area contributed by atoms with E-state index in [4.69, 9.17) is 4.74 Å². The van der Waals surface area contributed by atoms with Gasteiger partial charge in [0.1, 0.15) is 17.7 Å². The maximum atomic E-state index is 13.0. The quantitative estimate of drug-likeness (QED) is 0.466. The number of carbonyl (C=O) groups excluding carboxylic acids is 1. The van der Waals surface area contributed by atoms with Crippen molar-refractivity contribution in [2.45, 2.75) is 26.6 Å². The van der Waals surface area contributed by atoms with Gasteiger partial charge in [0, 0.05) is 24.8 Å². The number of hydrogen-bond donors (Lipinski definition) is 1. The van der Waals surface area contributed by atoms with Crippen LogP contribution in [0.1, 0.15) is 12.5 Å². The van der Waals surface area contributed by atoms with Crippen molar-refractivity contribution in [1.82, 2.24) is 24.4 Å². The average molecular weight is 445 g/mol. The lowest BCUT2D eigenvalue weighted by Crippen LogP contribution is -2.44. The first kappa shape index (κ1) is 21.9. The van der Waals surface area contributed by atoms with E-state index in [0.29, 0.717) is 11.6 Å². The van der Waals surface area contributed by atoms with Crippen LogP contribution in [0.2, 0.25) is 0 Å². The Bertz CT molecular complexity index is 1410. The first-order chi connectivity index (χ1) is 16.0. The maximum absolute atomic E-state index is 13.0. The number of benzene rings is 2. The van der Waals surface area contributed by atoms with Crippen LogP contribution in [0.25, 0.3) is 22.4 Å². The SMILES string of the molecule is CCn1c(=O)n(CC(=O)NCc2ccc(OC)cc2)c(=O)c2cnc(-c3ccccc3)nc21. The highest BCUT2D eigenvalue weighted by atomic mass is 16.5. The number of methoxy groups -OCH3 is 1. The molecule has 0 aliphatic rings. The van der Waals surface area contributed by atoms with Crippen LogP contribution in [-0.4, -0.2) is 32.1 Å². The topological polar surface area (TPSA) is 108 Å². The van der Waals surface area contributed by atoms with E-state index in [-0.39, 0.29) is 24.1 Å². The molecule has 0 radical (unpaired) electrons. The summed E-state index contributed by atoms with van der Waals surface area (Å²) in [5, 5.41) is 2.92. The lowest BCUT2D eigenvalue weighted by Gasteiger charge is -2.13. The maximum Gasteiger partial charge on any atom is 0.333 e. The van der Waals surface area contributed by atoms with Crippen molar-refractivity contribution in [2.24, 2.45) is 0 Å². The Labute approximate surface area is 189 Å². The van der Waals surface area contributed by atoms with Crippen LogP contribution in [0, 0.1) is 0 Å². The number of ether oxygens (including phenoxy) is 1. The zero-order valence-corrected chi connectivity index (χ0v) is 18.3. The van der Waals surface area contributed by atoms with Crippen molar-refractivity contribution in [3.63, 3.8) is 0 Å². The van der Waals surface area contributed by atoms with Gasteiger partial charge in [-0.25, -0.2) is 14.8 Å². The predicted octanol–water partition coefficient (Wildman–Crippen LogP) is 1.97. The van der Waals surface area contributed by atoms with Gasteiger partial charge in [0.25, 0.3) is 5.56 Å². The Kier molecular flexibility index (Phi) is 6.30. The second kappa shape index (κ2) is 9.47. The van der Waals surface area contributed by atoms with Gasteiger partial charge in [0.2, 0.25) is 5.91 Å². The second-order valence-electron chi connectivity index (χ2n) is 7.34. The Morgan fingerprint density at radius 1 is 1.03 bits per heavy atom. The van der Waals surface area contributed by atoms with E-state index in [1.165, 1.54) is 10.8 Å². The average Bonchev–Trinajstić information content (AvgIpc) is 2.86. The third-order valence-electron chi connectivity index (χ3n) is 5.26. The van der Waals surface area contributed by atoms with E-state index in [2.05, 4.69) is 15.3 Å². The number of amides is 1. The summed E-state index contributed by atoms with van der Waals surface area (Å²) in [7, 11) is 1.58. The minimum Gasteiger partial charge on any atom is -0.497 e. The normalized spacial score (nSPS) is 10.8. The van der Waals surface area contributed by atoms with Gasteiger partial charge in [-0.2, -0.15) is 0 Å². The van der Waals surface area contributed by atoms with Crippen molar-refractivity contribution >= 4 is 16.9 Å². The lowest BCUT2D eigenvalue weighted by molar-refractivity contribution is -0.121. The molecule has 168 valence electrons. The van der Waals surface area contributed by atoms with E-state index in [9.17, 15) is 14.4 Å². The van der Waals surface area contributed by atoms with Gasteiger partial charge < -0.3 is 10.1 Å². The molecular weight excluding hydrogens is 422 g/mol. The van der Waals surface area contributed by atoms with E-state index in [0.717, 1.165) is 15.7 Å². The third-order valence-corrected chi connectivity index (χ3v) is 5.26. The number of aryl methyl sites for hydroxylation is 1. The first-order valence-electron chi connectivity index (χ1n) is 10.5. The van der Waals surface area contributed by atoms with E-state index in [1.54, 1.807) is 26.2 Å².